The van der Waals surface area contributed by atoms with Crippen molar-refractivity contribution in [2.75, 3.05) is 23.9 Å². The summed E-state index contributed by atoms with van der Waals surface area (Å²) in [4.78, 5) is 24.5. The number of hydrogen-bond acceptors (Lipinski definition) is 6. The number of rotatable bonds is 4. The number of nitrogens with one attached hydrogen (secondary N) is 1. The minimum atomic E-state index is -3.04. The first-order valence-electron chi connectivity index (χ1n) is 9.68. The van der Waals surface area contributed by atoms with Crippen LogP contribution in [0.25, 0.3) is 0 Å². The van der Waals surface area contributed by atoms with Crippen LogP contribution in [0.5, 0.6) is 0 Å². The van der Waals surface area contributed by atoms with Gasteiger partial charge in [0.2, 0.25) is 0 Å². The fourth-order valence-electron chi connectivity index (χ4n) is 4.08. The monoisotopic (exact) mass is 417 g/mol. The second-order valence-electron chi connectivity index (χ2n) is 7.51. The van der Waals surface area contributed by atoms with Crippen LogP contribution in [-0.2, 0) is 27.4 Å². The van der Waals surface area contributed by atoms with Gasteiger partial charge in [0, 0.05) is 16.9 Å². The highest BCUT2D eigenvalue weighted by Crippen LogP contribution is 2.31. The van der Waals surface area contributed by atoms with Crippen LogP contribution in [0.2, 0.25) is 0 Å². The van der Waals surface area contributed by atoms with E-state index >= 15 is 0 Å². The van der Waals surface area contributed by atoms with E-state index in [2.05, 4.69) is 15.2 Å². The number of esters is 1. The lowest BCUT2D eigenvalue weighted by molar-refractivity contribution is 0.0600. The van der Waals surface area contributed by atoms with Gasteiger partial charge >= 0.3 is 5.97 Å². The predicted molar refractivity (Wildman–Crippen MR) is 107 cm³/mol. The van der Waals surface area contributed by atoms with Crippen LogP contribution in [0, 0.1) is 0 Å². The number of fused-ring (bicyclic) bond motifs is 1. The summed E-state index contributed by atoms with van der Waals surface area (Å²) in [5.74, 6) is -0.520. The van der Waals surface area contributed by atoms with Crippen molar-refractivity contribution in [3.8, 4) is 0 Å². The molecule has 0 saturated carbocycles. The maximum Gasteiger partial charge on any atom is 0.337 e. The zero-order valence-corrected chi connectivity index (χ0v) is 17.0. The number of carbonyl (C=O) groups excluding carboxylic acids is 2. The molecule has 2 aliphatic rings. The van der Waals surface area contributed by atoms with Gasteiger partial charge in [-0.05, 0) is 56.4 Å². The van der Waals surface area contributed by atoms with Gasteiger partial charge in [0.05, 0.1) is 30.2 Å². The Labute approximate surface area is 169 Å². The van der Waals surface area contributed by atoms with E-state index in [0.717, 1.165) is 36.9 Å². The van der Waals surface area contributed by atoms with E-state index in [1.807, 2.05) is 0 Å². The summed E-state index contributed by atoms with van der Waals surface area (Å²) in [6, 6.07) is 6.24. The second kappa shape index (κ2) is 7.62. The molecule has 2 heterocycles. The third-order valence-corrected chi connectivity index (χ3v) is 7.29. The molecular weight excluding hydrogens is 394 g/mol. The van der Waals surface area contributed by atoms with Gasteiger partial charge in [0.15, 0.2) is 15.5 Å². The van der Waals surface area contributed by atoms with Gasteiger partial charge in [-0.15, -0.1) is 0 Å². The molecule has 1 amide bonds. The van der Waals surface area contributed by atoms with E-state index in [-0.39, 0.29) is 23.5 Å². The van der Waals surface area contributed by atoms with Crippen molar-refractivity contribution in [2.24, 2.45) is 0 Å². The molecule has 1 aliphatic heterocycles. The quantitative estimate of drug-likeness (QED) is 0.764. The van der Waals surface area contributed by atoms with Gasteiger partial charge < -0.3 is 10.1 Å². The summed E-state index contributed by atoms with van der Waals surface area (Å²) in [6.45, 7) is 0. The summed E-state index contributed by atoms with van der Waals surface area (Å²) in [5.41, 5.74) is 3.22. The number of nitrogens with zero attached hydrogens (tertiary/aromatic N) is 2. The lowest BCUT2D eigenvalue weighted by Crippen LogP contribution is -2.17. The summed E-state index contributed by atoms with van der Waals surface area (Å²) >= 11 is 0. The summed E-state index contributed by atoms with van der Waals surface area (Å²) < 4.78 is 30.3. The molecule has 1 aromatic heterocycles. The van der Waals surface area contributed by atoms with Crippen LogP contribution < -0.4 is 5.32 Å². The highest BCUT2D eigenvalue weighted by atomic mass is 32.2. The van der Waals surface area contributed by atoms with E-state index in [4.69, 9.17) is 0 Å². The predicted octanol–water partition coefficient (Wildman–Crippen LogP) is 2.16. The van der Waals surface area contributed by atoms with E-state index < -0.39 is 15.8 Å². The Morgan fingerprint density at radius 1 is 1.17 bits per heavy atom. The Balaban J connectivity index is 1.59. The molecular formula is C20H23N3O5S. The van der Waals surface area contributed by atoms with Crippen molar-refractivity contribution in [3.05, 3.63) is 46.8 Å². The van der Waals surface area contributed by atoms with Gasteiger partial charge in [-0.3, -0.25) is 9.48 Å². The summed E-state index contributed by atoms with van der Waals surface area (Å²) in [7, 11) is -1.73. The Bertz CT molecular complexity index is 1060. The topological polar surface area (TPSA) is 107 Å². The Hall–Kier alpha value is -2.68. The first-order chi connectivity index (χ1) is 13.9. The summed E-state index contributed by atoms with van der Waals surface area (Å²) in [6.07, 6.45) is 4.09. The second-order valence-corrected chi connectivity index (χ2v) is 9.73. The zero-order chi connectivity index (χ0) is 20.6. The van der Waals surface area contributed by atoms with Gasteiger partial charge in [0.25, 0.3) is 5.91 Å². The number of aromatic nitrogens is 2. The van der Waals surface area contributed by atoms with Gasteiger partial charge in [-0.25, -0.2) is 13.2 Å². The van der Waals surface area contributed by atoms with Crippen molar-refractivity contribution in [2.45, 2.75) is 38.1 Å². The van der Waals surface area contributed by atoms with Crippen molar-refractivity contribution in [1.82, 2.24) is 9.78 Å². The number of carbonyl (C=O) groups is 2. The van der Waals surface area contributed by atoms with Crippen LogP contribution in [0.4, 0.5) is 5.69 Å². The number of benzene rings is 1. The molecule has 0 radical (unpaired) electrons. The Kier molecular flexibility index (Phi) is 5.16. The molecule has 1 aliphatic carbocycles. The van der Waals surface area contributed by atoms with E-state index in [1.54, 1.807) is 28.9 Å². The zero-order valence-electron chi connectivity index (χ0n) is 16.2. The first kappa shape index (κ1) is 19.6. The smallest absolute Gasteiger partial charge is 0.337 e. The van der Waals surface area contributed by atoms with Gasteiger partial charge in [-0.1, -0.05) is 0 Å². The normalized spacial score (nSPS) is 20.1. The molecule has 29 heavy (non-hydrogen) atoms. The van der Waals surface area contributed by atoms with Crippen LogP contribution in [-0.4, -0.2) is 48.7 Å². The maximum absolute atomic E-state index is 12.9. The van der Waals surface area contributed by atoms with Crippen molar-refractivity contribution in [1.29, 1.82) is 0 Å². The maximum atomic E-state index is 12.9. The first-order valence-corrected chi connectivity index (χ1v) is 11.5. The number of anilines is 1. The van der Waals surface area contributed by atoms with Gasteiger partial charge in [0.1, 0.15) is 0 Å². The molecule has 1 atom stereocenters. The SMILES string of the molecule is COC(=O)c1ccc(NC(=O)c2nn(C3CCS(=O)(=O)C3)c3c2CCCC3)cc1. The molecule has 154 valence electrons. The van der Waals surface area contributed by atoms with Crippen LogP contribution in [0.15, 0.2) is 24.3 Å². The fourth-order valence-corrected chi connectivity index (χ4v) is 5.77. The molecule has 8 nitrogen and oxygen atoms in total. The van der Waals surface area contributed by atoms with Crippen molar-refractivity contribution < 1.29 is 22.7 Å². The van der Waals surface area contributed by atoms with Crippen LogP contribution in [0.1, 0.15) is 57.4 Å². The lowest BCUT2D eigenvalue weighted by atomic mass is 9.95. The highest BCUT2D eigenvalue weighted by Gasteiger charge is 2.34. The van der Waals surface area contributed by atoms with Crippen LogP contribution in [0.3, 0.4) is 0 Å². The third kappa shape index (κ3) is 3.91. The molecule has 1 fully saturated rings. The Morgan fingerprint density at radius 3 is 2.55 bits per heavy atom. The molecule has 4 rings (SSSR count). The molecule has 9 heteroatoms. The molecule has 1 saturated heterocycles. The standard InChI is InChI=1S/C20H23N3O5S/c1-28-20(25)13-6-8-14(9-7-13)21-19(24)18-16-4-2-3-5-17(16)23(22-18)15-10-11-29(26,27)12-15/h6-9,15H,2-5,10-12H2,1H3,(H,21,24). The van der Waals surface area contributed by atoms with Crippen molar-refractivity contribution >= 4 is 27.4 Å². The minimum Gasteiger partial charge on any atom is -0.465 e. The Morgan fingerprint density at radius 2 is 1.90 bits per heavy atom. The van der Waals surface area contributed by atoms with E-state index in [0.29, 0.717) is 23.4 Å². The van der Waals surface area contributed by atoms with E-state index in [1.165, 1.54) is 7.11 Å². The highest BCUT2D eigenvalue weighted by molar-refractivity contribution is 7.91. The minimum absolute atomic E-state index is 0.0805. The number of ether oxygens (including phenoxy) is 1. The van der Waals surface area contributed by atoms with Crippen molar-refractivity contribution in [3.63, 3.8) is 0 Å². The van der Waals surface area contributed by atoms with E-state index in [9.17, 15) is 18.0 Å². The average Bonchev–Trinajstić information content (AvgIpc) is 3.28. The van der Waals surface area contributed by atoms with Gasteiger partial charge in [-0.2, -0.15) is 5.10 Å². The average molecular weight is 417 g/mol. The third-order valence-electron chi connectivity index (χ3n) is 5.54. The fraction of sp³-hybridized carbons (Fsp3) is 0.450. The number of methoxy groups -OCH3 is 1. The number of sulfone groups is 1. The molecule has 1 aromatic carbocycles. The molecule has 0 bridgehead atoms. The lowest BCUT2D eigenvalue weighted by Gasteiger charge is -2.17. The largest absolute Gasteiger partial charge is 0.465 e. The summed E-state index contributed by atoms with van der Waals surface area (Å²) in [5, 5.41) is 7.39. The molecule has 1 N–H and O–H groups in total. The molecule has 2 aromatic rings. The molecule has 1 unspecified atom stereocenters. The number of hydrogen-bond donors (Lipinski definition) is 1. The number of amides is 1. The molecule has 0 spiro atoms. The van der Waals surface area contributed by atoms with Crippen LogP contribution >= 0.6 is 0 Å².